The van der Waals surface area contributed by atoms with Gasteiger partial charge in [-0.05, 0) is 30.5 Å². The Balaban J connectivity index is 2.26. The molecule has 0 spiro atoms. The van der Waals surface area contributed by atoms with Crippen LogP contribution in [0.4, 0.5) is 13.2 Å². The summed E-state index contributed by atoms with van der Waals surface area (Å²) in [7, 11) is 0. The molecule has 1 aliphatic carbocycles. The average Bonchev–Trinajstić information content (AvgIpc) is 2.33. The van der Waals surface area contributed by atoms with Gasteiger partial charge in [-0.1, -0.05) is 28.4 Å². The number of carbonyl (C=O) groups is 1. The molecule has 116 valence electrons. The van der Waals surface area contributed by atoms with Gasteiger partial charge in [-0.2, -0.15) is 13.2 Å². The first-order chi connectivity index (χ1) is 9.82. The molecule has 3 nitrogen and oxygen atoms in total. The van der Waals surface area contributed by atoms with Crippen molar-refractivity contribution in [1.82, 2.24) is 5.32 Å². The third kappa shape index (κ3) is 3.77. The molecule has 1 amide bonds. The van der Waals surface area contributed by atoms with Gasteiger partial charge in [0.15, 0.2) is 0 Å². The van der Waals surface area contributed by atoms with Crippen LogP contribution in [0.15, 0.2) is 22.7 Å². The maximum atomic E-state index is 13.1. The third-order valence-corrected chi connectivity index (χ3v) is 4.16. The zero-order valence-electron chi connectivity index (χ0n) is 11.1. The van der Waals surface area contributed by atoms with Crippen molar-refractivity contribution < 1.29 is 23.1 Å². The maximum Gasteiger partial charge on any atom is 0.416 e. The van der Waals surface area contributed by atoms with Crippen LogP contribution in [0, 0.1) is 5.92 Å². The summed E-state index contributed by atoms with van der Waals surface area (Å²) in [5, 5.41) is 11.9. The Hall–Kier alpha value is -1.08. The van der Waals surface area contributed by atoms with E-state index in [0.29, 0.717) is 4.47 Å². The summed E-state index contributed by atoms with van der Waals surface area (Å²) >= 11 is 3.00. The van der Waals surface area contributed by atoms with E-state index in [2.05, 4.69) is 21.2 Å². The molecule has 0 saturated heterocycles. The monoisotopic (exact) mass is 365 g/mol. The predicted octanol–water partition coefficient (Wildman–Crippen LogP) is 3.42. The lowest BCUT2D eigenvalue weighted by Crippen LogP contribution is -2.38. The lowest BCUT2D eigenvalue weighted by atomic mass is 9.84. The second kappa shape index (κ2) is 6.36. The number of aliphatic hydroxyl groups excluding tert-OH is 1. The summed E-state index contributed by atoms with van der Waals surface area (Å²) in [6.07, 6.45) is -2.10. The van der Waals surface area contributed by atoms with Crippen molar-refractivity contribution in [3.63, 3.8) is 0 Å². The molecule has 1 fully saturated rings. The van der Waals surface area contributed by atoms with Crippen LogP contribution in [-0.2, 0) is 11.0 Å². The third-order valence-electron chi connectivity index (χ3n) is 3.67. The van der Waals surface area contributed by atoms with Crippen molar-refractivity contribution in [2.45, 2.75) is 31.5 Å². The van der Waals surface area contributed by atoms with E-state index in [-0.39, 0.29) is 17.4 Å². The van der Waals surface area contributed by atoms with Crippen molar-refractivity contribution in [3.05, 3.63) is 33.8 Å². The molecular weight excluding hydrogens is 351 g/mol. The second-order valence-corrected chi connectivity index (χ2v) is 6.02. The van der Waals surface area contributed by atoms with Crippen LogP contribution in [0.25, 0.3) is 0 Å². The Bertz CT molecular complexity index is 529. The van der Waals surface area contributed by atoms with Crippen LogP contribution in [0.3, 0.4) is 0 Å². The molecule has 0 heterocycles. The highest BCUT2D eigenvalue weighted by Gasteiger charge is 2.36. The number of halogens is 4. The zero-order valence-corrected chi connectivity index (χ0v) is 12.7. The van der Waals surface area contributed by atoms with Crippen LogP contribution < -0.4 is 5.32 Å². The number of hydrogen-bond donors (Lipinski definition) is 2. The maximum absolute atomic E-state index is 13.1. The van der Waals surface area contributed by atoms with E-state index < -0.39 is 24.4 Å². The fourth-order valence-electron chi connectivity index (χ4n) is 2.26. The highest BCUT2D eigenvalue weighted by Crippen LogP contribution is 2.36. The quantitative estimate of drug-likeness (QED) is 0.858. The number of rotatable bonds is 4. The molecular formula is C14H15BrF3NO2. The standard InChI is InChI=1S/C14H15BrF3NO2/c15-9-4-5-10(11(6-9)14(16,17)18)12(7-20)19-13(21)8-2-1-3-8/h4-6,8,12,20H,1-3,7H2,(H,19,21). The summed E-state index contributed by atoms with van der Waals surface area (Å²) < 4.78 is 39.5. The molecule has 0 radical (unpaired) electrons. The minimum absolute atomic E-state index is 0.124. The van der Waals surface area contributed by atoms with Crippen molar-refractivity contribution in [2.24, 2.45) is 5.92 Å². The predicted molar refractivity (Wildman–Crippen MR) is 74.5 cm³/mol. The molecule has 0 aliphatic heterocycles. The Kier molecular flexibility index (Phi) is 4.93. The number of nitrogens with one attached hydrogen (secondary N) is 1. The van der Waals surface area contributed by atoms with Gasteiger partial charge in [-0.25, -0.2) is 0 Å². The second-order valence-electron chi connectivity index (χ2n) is 5.10. The smallest absolute Gasteiger partial charge is 0.394 e. The first-order valence-corrected chi connectivity index (χ1v) is 7.40. The largest absolute Gasteiger partial charge is 0.416 e. The Labute approximate surface area is 128 Å². The average molecular weight is 366 g/mol. The van der Waals surface area contributed by atoms with Crippen LogP contribution in [0.5, 0.6) is 0 Å². The van der Waals surface area contributed by atoms with Gasteiger partial charge in [0.2, 0.25) is 5.91 Å². The van der Waals surface area contributed by atoms with E-state index in [1.807, 2.05) is 0 Å². The molecule has 1 aromatic carbocycles. The lowest BCUT2D eigenvalue weighted by Gasteiger charge is -2.28. The minimum atomic E-state index is -4.55. The molecule has 1 unspecified atom stereocenters. The van der Waals surface area contributed by atoms with Gasteiger partial charge in [-0.3, -0.25) is 4.79 Å². The first kappa shape index (κ1) is 16.3. The molecule has 1 aliphatic rings. The Morgan fingerprint density at radius 1 is 1.43 bits per heavy atom. The Morgan fingerprint density at radius 2 is 2.10 bits per heavy atom. The zero-order chi connectivity index (χ0) is 15.6. The van der Waals surface area contributed by atoms with Gasteiger partial charge in [0.25, 0.3) is 0 Å². The molecule has 1 saturated carbocycles. The number of carbonyl (C=O) groups excluding carboxylic acids is 1. The summed E-state index contributed by atoms with van der Waals surface area (Å²) in [6, 6.07) is 2.63. The van der Waals surface area contributed by atoms with Gasteiger partial charge in [0.1, 0.15) is 0 Å². The van der Waals surface area contributed by atoms with E-state index in [9.17, 15) is 23.1 Å². The van der Waals surface area contributed by atoms with E-state index in [1.165, 1.54) is 12.1 Å². The molecule has 7 heteroatoms. The Morgan fingerprint density at radius 3 is 2.57 bits per heavy atom. The SMILES string of the molecule is O=C(NC(CO)c1ccc(Br)cc1C(F)(F)F)C1CCC1. The van der Waals surface area contributed by atoms with Crippen LogP contribution >= 0.6 is 15.9 Å². The number of amides is 1. The fourth-order valence-corrected chi connectivity index (χ4v) is 2.62. The number of benzene rings is 1. The van der Waals surface area contributed by atoms with Crippen molar-refractivity contribution in [3.8, 4) is 0 Å². The van der Waals surface area contributed by atoms with Crippen molar-refractivity contribution in [1.29, 1.82) is 0 Å². The molecule has 0 aromatic heterocycles. The first-order valence-electron chi connectivity index (χ1n) is 6.61. The molecule has 2 rings (SSSR count). The molecule has 1 atom stereocenters. The van der Waals surface area contributed by atoms with Crippen LogP contribution in [0.2, 0.25) is 0 Å². The summed E-state index contributed by atoms with van der Waals surface area (Å²) in [5.41, 5.74) is -0.981. The summed E-state index contributed by atoms with van der Waals surface area (Å²) in [5.74, 6) is -0.444. The van der Waals surface area contributed by atoms with E-state index in [1.54, 1.807) is 0 Å². The van der Waals surface area contributed by atoms with E-state index in [0.717, 1.165) is 25.3 Å². The molecule has 21 heavy (non-hydrogen) atoms. The van der Waals surface area contributed by atoms with Crippen LogP contribution in [0.1, 0.15) is 36.4 Å². The van der Waals surface area contributed by atoms with Gasteiger partial charge in [0.05, 0.1) is 18.2 Å². The highest BCUT2D eigenvalue weighted by molar-refractivity contribution is 9.10. The van der Waals surface area contributed by atoms with Gasteiger partial charge < -0.3 is 10.4 Å². The molecule has 0 bridgehead atoms. The minimum Gasteiger partial charge on any atom is -0.394 e. The number of hydrogen-bond acceptors (Lipinski definition) is 2. The highest BCUT2D eigenvalue weighted by atomic mass is 79.9. The van der Waals surface area contributed by atoms with Crippen molar-refractivity contribution in [2.75, 3.05) is 6.61 Å². The van der Waals surface area contributed by atoms with Gasteiger partial charge >= 0.3 is 6.18 Å². The number of alkyl halides is 3. The number of aliphatic hydroxyl groups is 1. The summed E-state index contributed by atoms with van der Waals surface area (Å²) in [4.78, 5) is 11.9. The fraction of sp³-hybridized carbons (Fsp3) is 0.500. The molecule has 1 aromatic rings. The summed E-state index contributed by atoms with van der Waals surface area (Å²) in [6.45, 7) is -0.580. The van der Waals surface area contributed by atoms with Crippen LogP contribution in [-0.4, -0.2) is 17.6 Å². The van der Waals surface area contributed by atoms with Gasteiger partial charge in [-0.15, -0.1) is 0 Å². The van der Waals surface area contributed by atoms with Crippen molar-refractivity contribution >= 4 is 21.8 Å². The molecule has 2 N–H and O–H groups in total. The topological polar surface area (TPSA) is 49.3 Å². The lowest BCUT2D eigenvalue weighted by molar-refractivity contribution is -0.139. The van der Waals surface area contributed by atoms with E-state index >= 15 is 0 Å². The van der Waals surface area contributed by atoms with E-state index in [4.69, 9.17) is 0 Å². The van der Waals surface area contributed by atoms with Gasteiger partial charge in [0, 0.05) is 10.4 Å². The normalized spacial score (nSPS) is 17.2.